The number of hydrogen-bond acceptors (Lipinski definition) is 5. The fraction of sp³-hybridized carbons (Fsp3) is 0.208. The molecule has 0 saturated heterocycles. The van der Waals surface area contributed by atoms with Crippen LogP contribution in [0.4, 0.5) is 5.69 Å². The van der Waals surface area contributed by atoms with E-state index in [1.165, 1.54) is 6.20 Å². The largest absolute Gasteiger partial charge is 0.322 e. The third kappa shape index (κ3) is 4.19. The second-order valence-electron chi connectivity index (χ2n) is 7.62. The van der Waals surface area contributed by atoms with Gasteiger partial charge in [-0.05, 0) is 69.2 Å². The van der Waals surface area contributed by atoms with Crippen LogP contribution in [0.5, 0.6) is 0 Å². The second-order valence-corrected chi connectivity index (χ2v) is 7.62. The lowest BCUT2D eigenvalue weighted by Crippen LogP contribution is -2.18. The Kier molecular flexibility index (Phi) is 5.62. The number of aryl methyl sites for hydroxylation is 2. The number of amides is 1. The number of benzene rings is 1. The summed E-state index contributed by atoms with van der Waals surface area (Å²) in [4.78, 5) is 21.3. The van der Waals surface area contributed by atoms with Gasteiger partial charge in [0, 0.05) is 29.2 Å². The minimum Gasteiger partial charge on any atom is -0.322 e. The van der Waals surface area contributed by atoms with Gasteiger partial charge in [0.05, 0.1) is 28.4 Å². The third-order valence-corrected chi connectivity index (χ3v) is 4.96. The molecule has 6 nitrogen and oxygen atoms in total. The maximum absolute atomic E-state index is 12.8. The first kappa shape index (κ1) is 20.7. The molecule has 1 aromatic carbocycles. The van der Waals surface area contributed by atoms with E-state index in [9.17, 15) is 15.3 Å². The summed E-state index contributed by atoms with van der Waals surface area (Å²) in [6.07, 6.45) is 3.26. The molecule has 2 aromatic heterocycles. The monoisotopic (exact) mass is 395 g/mol. The van der Waals surface area contributed by atoms with E-state index in [2.05, 4.69) is 27.4 Å². The van der Waals surface area contributed by atoms with Crippen LogP contribution in [0, 0.1) is 36.5 Å². The van der Waals surface area contributed by atoms with Crippen LogP contribution in [-0.4, -0.2) is 15.9 Å². The molecule has 1 N–H and O–H groups in total. The summed E-state index contributed by atoms with van der Waals surface area (Å²) >= 11 is 0. The van der Waals surface area contributed by atoms with Gasteiger partial charge in [-0.3, -0.25) is 14.8 Å². The number of carbonyl (C=O) groups excluding carboxylic acids is 1. The van der Waals surface area contributed by atoms with Crippen molar-refractivity contribution in [2.45, 2.75) is 33.1 Å². The van der Waals surface area contributed by atoms with Gasteiger partial charge >= 0.3 is 0 Å². The van der Waals surface area contributed by atoms with Crippen LogP contribution in [0.2, 0.25) is 0 Å². The van der Waals surface area contributed by atoms with Gasteiger partial charge in [0.2, 0.25) is 0 Å². The number of nitrogens with one attached hydrogen (secondary N) is 1. The maximum atomic E-state index is 12.8. The zero-order chi connectivity index (χ0) is 21.9. The van der Waals surface area contributed by atoms with Gasteiger partial charge in [-0.1, -0.05) is 6.07 Å². The van der Waals surface area contributed by atoms with Crippen LogP contribution in [0.25, 0.3) is 11.1 Å². The number of anilines is 1. The van der Waals surface area contributed by atoms with Gasteiger partial charge in [-0.15, -0.1) is 0 Å². The molecule has 3 rings (SSSR count). The second kappa shape index (κ2) is 8.14. The van der Waals surface area contributed by atoms with Crippen molar-refractivity contribution in [2.75, 3.05) is 5.32 Å². The van der Waals surface area contributed by atoms with Crippen molar-refractivity contribution < 1.29 is 4.79 Å². The minimum atomic E-state index is -0.787. The van der Waals surface area contributed by atoms with Crippen molar-refractivity contribution in [3.63, 3.8) is 0 Å². The van der Waals surface area contributed by atoms with Gasteiger partial charge in [-0.2, -0.15) is 10.5 Å². The first-order chi connectivity index (χ1) is 14.2. The van der Waals surface area contributed by atoms with E-state index in [0.29, 0.717) is 28.2 Å². The van der Waals surface area contributed by atoms with E-state index in [0.717, 1.165) is 16.7 Å². The van der Waals surface area contributed by atoms with Crippen molar-refractivity contribution in [1.82, 2.24) is 9.97 Å². The van der Waals surface area contributed by atoms with E-state index < -0.39 is 5.41 Å². The number of aromatic nitrogens is 2. The van der Waals surface area contributed by atoms with Crippen LogP contribution in [0.1, 0.15) is 46.7 Å². The van der Waals surface area contributed by atoms with E-state index in [1.807, 2.05) is 25.1 Å². The first-order valence-corrected chi connectivity index (χ1v) is 9.42. The normalized spacial score (nSPS) is 10.7. The van der Waals surface area contributed by atoms with Gasteiger partial charge in [0.25, 0.3) is 5.91 Å². The Balaban J connectivity index is 1.91. The zero-order valence-corrected chi connectivity index (χ0v) is 17.3. The number of carbonyl (C=O) groups is 1. The molecule has 1 amide bonds. The highest BCUT2D eigenvalue weighted by Gasteiger charge is 2.22. The molecule has 30 heavy (non-hydrogen) atoms. The molecule has 0 atom stereocenters. The topological polar surface area (TPSA) is 102 Å². The third-order valence-electron chi connectivity index (χ3n) is 4.96. The Morgan fingerprint density at radius 2 is 1.83 bits per heavy atom. The lowest BCUT2D eigenvalue weighted by atomic mass is 9.90. The number of hydrogen-bond donors (Lipinski definition) is 1. The number of nitrogens with zero attached hydrogens (tertiary/aromatic N) is 4. The van der Waals surface area contributed by atoms with Crippen molar-refractivity contribution in [2.24, 2.45) is 0 Å². The van der Waals surface area contributed by atoms with Crippen LogP contribution in [0.3, 0.4) is 0 Å². The van der Waals surface area contributed by atoms with E-state index in [4.69, 9.17) is 0 Å². The molecule has 148 valence electrons. The van der Waals surface area contributed by atoms with Crippen LogP contribution in [0.15, 0.2) is 48.8 Å². The molecule has 3 aromatic rings. The SMILES string of the molecule is Cc1ccc(NC(=O)c2ccnc(C(C)(C)C#N)c2)cc1-c1cnc(C)c(C#N)c1. The fourth-order valence-corrected chi connectivity index (χ4v) is 2.98. The van der Waals surface area contributed by atoms with E-state index in [-0.39, 0.29) is 5.91 Å². The Hall–Kier alpha value is -4.03. The minimum absolute atomic E-state index is 0.290. The van der Waals surface area contributed by atoms with E-state index in [1.54, 1.807) is 45.2 Å². The molecule has 0 fully saturated rings. The molecular formula is C24H21N5O. The summed E-state index contributed by atoms with van der Waals surface area (Å²) in [7, 11) is 0. The highest BCUT2D eigenvalue weighted by Crippen LogP contribution is 2.28. The highest BCUT2D eigenvalue weighted by molar-refractivity contribution is 6.04. The molecule has 2 heterocycles. The summed E-state index contributed by atoms with van der Waals surface area (Å²) in [5, 5.41) is 21.5. The van der Waals surface area contributed by atoms with Crippen molar-refractivity contribution in [1.29, 1.82) is 10.5 Å². The van der Waals surface area contributed by atoms with Gasteiger partial charge < -0.3 is 5.32 Å². The van der Waals surface area contributed by atoms with Gasteiger partial charge in [0.1, 0.15) is 6.07 Å². The summed E-state index contributed by atoms with van der Waals surface area (Å²) in [5.41, 5.74) is 4.70. The summed E-state index contributed by atoms with van der Waals surface area (Å²) < 4.78 is 0. The first-order valence-electron chi connectivity index (χ1n) is 9.42. The van der Waals surface area contributed by atoms with E-state index >= 15 is 0 Å². The van der Waals surface area contributed by atoms with Crippen molar-refractivity contribution in [3.8, 4) is 23.3 Å². The lowest BCUT2D eigenvalue weighted by Gasteiger charge is -2.15. The maximum Gasteiger partial charge on any atom is 0.255 e. The summed E-state index contributed by atoms with van der Waals surface area (Å²) in [6.45, 7) is 7.27. The number of nitriles is 2. The predicted molar refractivity (Wildman–Crippen MR) is 115 cm³/mol. The average Bonchev–Trinajstić information content (AvgIpc) is 2.75. The Bertz CT molecular complexity index is 1210. The Labute approximate surface area is 175 Å². The van der Waals surface area contributed by atoms with Crippen molar-refractivity contribution >= 4 is 11.6 Å². The smallest absolute Gasteiger partial charge is 0.255 e. The summed E-state index contributed by atoms with van der Waals surface area (Å²) in [5.74, 6) is -0.290. The van der Waals surface area contributed by atoms with Crippen LogP contribution >= 0.6 is 0 Å². The molecule has 0 bridgehead atoms. The quantitative estimate of drug-likeness (QED) is 0.690. The fourth-order valence-electron chi connectivity index (χ4n) is 2.98. The van der Waals surface area contributed by atoms with Crippen molar-refractivity contribution in [3.05, 3.63) is 76.9 Å². The zero-order valence-electron chi connectivity index (χ0n) is 17.3. The van der Waals surface area contributed by atoms with Crippen LogP contribution in [-0.2, 0) is 5.41 Å². The number of rotatable bonds is 4. The molecule has 0 aliphatic heterocycles. The molecule has 0 aliphatic rings. The lowest BCUT2D eigenvalue weighted by molar-refractivity contribution is 0.102. The Morgan fingerprint density at radius 1 is 1.07 bits per heavy atom. The highest BCUT2D eigenvalue weighted by atomic mass is 16.1. The average molecular weight is 395 g/mol. The molecule has 0 spiro atoms. The molecule has 6 heteroatoms. The molecular weight excluding hydrogens is 374 g/mol. The molecule has 0 unspecified atom stereocenters. The van der Waals surface area contributed by atoms with Gasteiger partial charge in [-0.25, -0.2) is 0 Å². The van der Waals surface area contributed by atoms with Crippen LogP contribution < -0.4 is 5.32 Å². The molecule has 0 radical (unpaired) electrons. The molecule has 0 saturated carbocycles. The summed E-state index contributed by atoms with van der Waals surface area (Å²) in [6, 6.07) is 15.0. The number of pyridine rings is 2. The predicted octanol–water partition coefficient (Wildman–Crippen LogP) is 4.69. The Morgan fingerprint density at radius 3 is 2.53 bits per heavy atom. The standard InChI is InChI=1S/C24H21N5O/c1-15-5-6-20(11-21(15)19-9-18(12-25)16(2)28-13-19)29-23(30)17-7-8-27-22(10-17)24(3,4)14-26/h5-11,13H,1-4H3,(H,29,30). The van der Waals surface area contributed by atoms with Gasteiger partial charge in [0.15, 0.2) is 0 Å². The molecule has 0 aliphatic carbocycles.